The molecule has 5 rings (SSSR count). The topological polar surface area (TPSA) is 65.8 Å². The number of halogens is 1. The van der Waals surface area contributed by atoms with Crippen LogP contribution in [0.5, 0.6) is 0 Å². The van der Waals surface area contributed by atoms with Crippen molar-refractivity contribution in [2.24, 2.45) is 5.92 Å². The second-order valence-electron chi connectivity index (χ2n) is 9.41. The minimum absolute atomic E-state index is 0.0847. The van der Waals surface area contributed by atoms with E-state index >= 15 is 0 Å². The van der Waals surface area contributed by atoms with Crippen LogP contribution in [0.1, 0.15) is 72.3 Å². The van der Waals surface area contributed by atoms with Crippen molar-refractivity contribution in [2.75, 3.05) is 0 Å². The van der Waals surface area contributed by atoms with Gasteiger partial charge in [0.1, 0.15) is 5.82 Å². The number of nitrogens with zero attached hydrogens (tertiary/aromatic N) is 2. The Balaban J connectivity index is 1.21. The lowest BCUT2D eigenvalue weighted by molar-refractivity contribution is 0.0921. The molecule has 1 amide bonds. The molecule has 0 atom stereocenters. The van der Waals surface area contributed by atoms with Crippen LogP contribution in [0.3, 0.4) is 0 Å². The van der Waals surface area contributed by atoms with Crippen LogP contribution in [-0.4, -0.2) is 16.4 Å². The first-order valence-corrected chi connectivity index (χ1v) is 11.4. The second kappa shape index (κ2) is 8.35. The van der Waals surface area contributed by atoms with Crippen LogP contribution in [-0.2, 0) is 0 Å². The number of amides is 1. The van der Waals surface area contributed by atoms with Crippen LogP contribution >= 0.6 is 0 Å². The molecule has 3 aromatic rings. The van der Waals surface area contributed by atoms with Crippen molar-refractivity contribution in [1.82, 2.24) is 10.3 Å². The van der Waals surface area contributed by atoms with E-state index in [0.717, 1.165) is 55.8 Å². The third-order valence-corrected chi connectivity index (χ3v) is 7.19. The number of benzene rings is 2. The molecule has 0 unspecified atom stereocenters. The first-order valence-electron chi connectivity index (χ1n) is 11.4. The van der Waals surface area contributed by atoms with E-state index in [9.17, 15) is 9.18 Å². The Hall–Kier alpha value is -3.26. The maximum atomic E-state index is 13.8. The van der Waals surface area contributed by atoms with Gasteiger partial charge in [-0.1, -0.05) is 6.07 Å². The molecule has 2 aromatic carbocycles. The lowest BCUT2D eigenvalue weighted by atomic mass is 9.75. The molecule has 0 spiro atoms. The molecular weight excluding hydrogens is 401 g/mol. The summed E-state index contributed by atoms with van der Waals surface area (Å²) in [6.45, 7) is 0. The molecule has 2 fully saturated rings. The minimum Gasteiger partial charge on any atom is -0.347 e. The molecule has 4 nitrogen and oxygen atoms in total. The number of hydrogen-bond acceptors (Lipinski definition) is 3. The Bertz CT molecular complexity index is 1200. The number of nitrogens with one attached hydrogen (secondary N) is 1. The molecule has 0 aliphatic heterocycles. The Morgan fingerprint density at radius 1 is 1.12 bits per heavy atom. The Labute approximate surface area is 187 Å². The van der Waals surface area contributed by atoms with E-state index in [1.165, 1.54) is 11.6 Å². The summed E-state index contributed by atoms with van der Waals surface area (Å²) in [5, 5.41) is 13.3. The number of nitriles is 1. The van der Waals surface area contributed by atoms with Gasteiger partial charge in [-0.05, 0) is 105 Å². The summed E-state index contributed by atoms with van der Waals surface area (Å²) >= 11 is 0. The number of carbonyl (C=O) groups is 1. The van der Waals surface area contributed by atoms with Crippen LogP contribution < -0.4 is 5.32 Å². The maximum absolute atomic E-state index is 13.8. The fourth-order valence-electron chi connectivity index (χ4n) is 5.30. The standard InChI is InChI=1S/C27H26FN3O/c28-22-8-9-25-24(15-22)23(10-13-30-25)20-6-4-18(5-7-20)16-27(11-12-27)31-26(32)21-3-1-2-19(14-21)17-29/h1-3,8-10,13-15,18,20H,4-7,11-12,16H2,(H,31,32)/t18-,20+. The Kier molecular flexibility index (Phi) is 5.38. The van der Waals surface area contributed by atoms with Gasteiger partial charge in [0.25, 0.3) is 5.91 Å². The summed E-state index contributed by atoms with van der Waals surface area (Å²) in [4.78, 5) is 17.1. The molecule has 1 N–H and O–H groups in total. The van der Waals surface area contributed by atoms with Gasteiger partial charge in [-0.15, -0.1) is 0 Å². The Morgan fingerprint density at radius 2 is 1.94 bits per heavy atom. The zero-order valence-electron chi connectivity index (χ0n) is 18.0. The average molecular weight is 428 g/mol. The van der Waals surface area contributed by atoms with E-state index in [1.807, 2.05) is 12.3 Å². The number of rotatable bonds is 5. The fraction of sp³-hybridized carbons (Fsp3) is 0.370. The van der Waals surface area contributed by atoms with Crippen LogP contribution in [0.15, 0.2) is 54.7 Å². The molecular formula is C27H26FN3O. The summed E-state index contributed by atoms with van der Waals surface area (Å²) in [7, 11) is 0. The van der Waals surface area contributed by atoms with E-state index in [2.05, 4.69) is 16.4 Å². The van der Waals surface area contributed by atoms with E-state index in [0.29, 0.717) is 23.0 Å². The molecule has 1 heterocycles. The van der Waals surface area contributed by atoms with Gasteiger partial charge in [0, 0.05) is 22.7 Å². The minimum atomic E-state index is -0.216. The smallest absolute Gasteiger partial charge is 0.251 e. The molecule has 32 heavy (non-hydrogen) atoms. The highest BCUT2D eigenvalue weighted by Gasteiger charge is 2.46. The molecule has 162 valence electrons. The van der Waals surface area contributed by atoms with Gasteiger partial charge in [-0.3, -0.25) is 9.78 Å². The zero-order chi connectivity index (χ0) is 22.1. The first-order chi connectivity index (χ1) is 15.5. The number of fused-ring (bicyclic) bond motifs is 1. The molecule has 2 aliphatic rings. The van der Waals surface area contributed by atoms with Gasteiger partial charge in [-0.25, -0.2) is 4.39 Å². The highest BCUT2D eigenvalue weighted by Crippen LogP contribution is 2.47. The second-order valence-corrected chi connectivity index (χ2v) is 9.41. The average Bonchev–Trinajstić information content (AvgIpc) is 3.57. The third-order valence-electron chi connectivity index (χ3n) is 7.19. The SMILES string of the molecule is N#Cc1cccc(C(=O)NC2(C[C@H]3CC[C@@H](c4ccnc5ccc(F)cc54)CC3)CC2)c1. The predicted molar refractivity (Wildman–Crippen MR) is 122 cm³/mol. The zero-order valence-corrected chi connectivity index (χ0v) is 18.0. The number of pyridine rings is 1. The largest absolute Gasteiger partial charge is 0.347 e. The maximum Gasteiger partial charge on any atom is 0.251 e. The van der Waals surface area contributed by atoms with Gasteiger partial charge < -0.3 is 5.32 Å². The van der Waals surface area contributed by atoms with Crippen LogP contribution in [0.25, 0.3) is 10.9 Å². The molecule has 2 aliphatic carbocycles. The van der Waals surface area contributed by atoms with Crippen molar-refractivity contribution < 1.29 is 9.18 Å². The highest BCUT2D eigenvalue weighted by molar-refractivity contribution is 5.95. The number of aromatic nitrogens is 1. The monoisotopic (exact) mass is 427 g/mol. The lowest BCUT2D eigenvalue weighted by Gasteiger charge is -2.32. The van der Waals surface area contributed by atoms with Crippen molar-refractivity contribution in [3.63, 3.8) is 0 Å². The normalized spacial score (nSPS) is 21.6. The summed E-state index contributed by atoms with van der Waals surface area (Å²) in [5.41, 5.74) is 3.02. The molecule has 1 aromatic heterocycles. The quantitative estimate of drug-likeness (QED) is 0.554. The van der Waals surface area contributed by atoms with Gasteiger partial charge in [0.15, 0.2) is 0 Å². The number of hydrogen-bond donors (Lipinski definition) is 1. The van der Waals surface area contributed by atoms with Crippen molar-refractivity contribution in [2.45, 2.75) is 56.4 Å². The molecule has 2 saturated carbocycles. The predicted octanol–water partition coefficient (Wildman–Crippen LogP) is 5.87. The molecule has 5 heteroatoms. The third kappa shape index (κ3) is 4.23. The van der Waals surface area contributed by atoms with Gasteiger partial charge in [-0.2, -0.15) is 5.26 Å². The summed E-state index contributed by atoms with van der Waals surface area (Å²) in [6.07, 6.45) is 9.27. The van der Waals surface area contributed by atoms with Crippen LogP contribution in [0.2, 0.25) is 0 Å². The van der Waals surface area contributed by atoms with Crippen molar-refractivity contribution >= 4 is 16.8 Å². The van der Waals surface area contributed by atoms with Crippen molar-refractivity contribution in [3.8, 4) is 6.07 Å². The summed E-state index contributed by atoms with van der Waals surface area (Å²) < 4.78 is 13.8. The van der Waals surface area contributed by atoms with Crippen molar-refractivity contribution in [1.29, 1.82) is 5.26 Å². The van der Waals surface area contributed by atoms with Crippen LogP contribution in [0.4, 0.5) is 4.39 Å². The molecule has 0 radical (unpaired) electrons. The van der Waals surface area contributed by atoms with E-state index < -0.39 is 0 Å². The Morgan fingerprint density at radius 3 is 2.69 bits per heavy atom. The fourth-order valence-corrected chi connectivity index (χ4v) is 5.30. The first kappa shape index (κ1) is 20.6. The summed E-state index contributed by atoms with van der Waals surface area (Å²) in [6, 6.07) is 15.9. The van der Waals surface area contributed by atoms with Gasteiger partial charge >= 0.3 is 0 Å². The van der Waals surface area contributed by atoms with Crippen LogP contribution in [0, 0.1) is 23.1 Å². The van der Waals surface area contributed by atoms with E-state index in [-0.39, 0.29) is 17.3 Å². The molecule has 0 saturated heterocycles. The van der Waals surface area contributed by atoms with Gasteiger partial charge in [0.05, 0.1) is 17.1 Å². The highest BCUT2D eigenvalue weighted by atomic mass is 19.1. The lowest BCUT2D eigenvalue weighted by Crippen LogP contribution is -2.38. The van der Waals surface area contributed by atoms with E-state index in [4.69, 9.17) is 5.26 Å². The van der Waals surface area contributed by atoms with Crippen molar-refractivity contribution in [3.05, 3.63) is 77.2 Å². The summed E-state index contributed by atoms with van der Waals surface area (Å²) in [5.74, 6) is 0.715. The molecule has 0 bridgehead atoms. The van der Waals surface area contributed by atoms with Gasteiger partial charge in [0.2, 0.25) is 0 Å². The number of carbonyl (C=O) groups excluding carboxylic acids is 1. The van der Waals surface area contributed by atoms with E-state index in [1.54, 1.807) is 36.4 Å².